The van der Waals surface area contributed by atoms with Crippen molar-refractivity contribution in [1.82, 2.24) is 9.97 Å². The summed E-state index contributed by atoms with van der Waals surface area (Å²) in [7, 11) is 2.08. The van der Waals surface area contributed by atoms with Crippen LogP contribution in [0.4, 0.5) is 11.8 Å². The van der Waals surface area contributed by atoms with E-state index in [2.05, 4.69) is 27.3 Å². The molecule has 0 aliphatic heterocycles. The zero-order valence-electron chi connectivity index (χ0n) is 8.98. The number of nitrogens with zero attached hydrogens (tertiary/aromatic N) is 3. The van der Waals surface area contributed by atoms with E-state index in [1.54, 1.807) is 6.20 Å². The minimum Gasteiger partial charge on any atom is -0.357 e. The van der Waals surface area contributed by atoms with Crippen molar-refractivity contribution in [2.24, 2.45) is 5.84 Å². The lowest BCUT2D eigenvalue weighted by Gasteiger charge is -2.25. The van der Waals surface area contributed by atoms with Gasteiger partial charge in [-0.25, -0.2) is 10.8 Å². The molecule has 2 rings (SSSR count). The van der Waals surface area contributed by atoms with Gasteiger partial charge in [-0.1, -0.05) is 12.8 Å². The Bertz CT molecular complexity index is 321. The fourth-order valence-electron chi connectivity index (χ4n) is 2.09. The molecule has 0 unspecified atom stereocenters. The van der Waals surface area contributed by atoms with E-state index in [-0.39, 0.29) is 0 Å². The highest BCUT2D eigenvalue weighted by atomic mass is 15.3. The summed E-state index contributed by atoms with van der Waals surface area (Å²) in [6.07, 6.45) is 6.88. The zero-order valence-corrected chi connectivity index (χ0v) is 8.98. The van der Waals surface area contributed by atoms with Gasteiger partial charge in [0.2, 0.25) is 5.95 Å². The Labute approximate surface area is 89.7 Å². The fourth-order valence-corrected chi connectivity index (χ4v) is 2.09. The van der Waals surface area contributed by atoms with Gasteiger partial charge in [-0.05, 0) is 18.9 Å². The minimum absolute atomic E-state index is 0.470. The first-order valence-electron chi connectivity index (χ1n) is 5.34. The lowest BCUT2D eigenvalue weighted by Crippen LogP contribution is -2.29. The van der Waals surface area contributed by atoms with Crippen LogP contribution in [0.2, 0.25) is 0 Å². The van der Waals surface area contributed by atoms with Gasteiger partial charge in [-0.15, -0.1) is 0 Å². The SMILES string of the molecule is CN(c1ccnc(NN)n1)C1CCCC1. The van der Waals surface area contributed by atoms with Crippen molar-refractivity contribution in [3.05, 3.63) is 12.3 Å². The molecular weight excluding hydrogens is 190 g/mol. The minimum atomic E-state index is 0.470. The maximum Gasteiger partial charge on any atom is 0.239 e. The molecule has 1 fully saturated rings. The topological polar surface area (TPSA) is 67.1 Å². The predicted molar refractivity (Wildman–Crippen MR) is 60.5 cm³/mol. The molecule has 1 aromatic rings. The molecule has 0 radical (unpaired) electrons. The van der Waals surface area contributed by atoms with Crippen LogP contribution >= 0.6 is 0 Å². The third kappa shape index (κ3) is 2.18. The number of rotatable bonds is 3. The third-order valence-electron chi connectivity index (χ3n) is 3.00. The summed E-state index contributed by atoms with van der Waals surface area (Å²) in [5.74, 6) is 6.68. The molecule has 0 spiro atoms. The van der Waals surface area contributed by atoms with E-state index in [1.807, 2.05) is 6.07 Å². The van der Waals surface area contributed by atoms with Crippen LogP contribution in [-0.2, 0) is 0 Å². The number of nitrogen functional groups attached to an aromatic ring is 1. The number of hydrogen-bond donors (Lipinski definition) is 2. The molecule has 1 aliphatic carbocycles. The van der Waals surface area contributed by atoms with Crippen molar-refractivity contribution in [2.45, 2.75) is 31.7 Å². The highest BCUT2D eigenvalue weighted by Gasteiger charge is 2.20. The third-order valence-corrected chi connectivity index (χ3v) is 3.00. The maximum atomic E-state index is 5.28. The van der Waals surface area contributed by atoms with Crippen molar-refractivity contribution in [1.29, 1.82) is 0 Å². The second-order valence-electron chi connectivity index (χ2n) is 3.93. The molecule has 5 nitrogen and oxygen atoms in total. The second kappa shape index (κ2) is 4.44. The molecule has 1 saturated carbocycles. The first kappa shape index (κ1) is 10.2. The van der Waals surface area contributed by atoms with E-state index in [0.717, 1.165) is 5.82 Å². The highest BCUT2D eigenvalue weighted by Crippen LogP contribution is 2.25. The maximum absolute atomic E-state index is 5.28. The molecular formula is C10H17N5. The van der Waals surface area contributed by atoms with Crippen molar-refractivity contribution in [2.75, 3.05) is 17.4 Å². The molecule has 0 atom stereocenters. The van der Waals surface area contributed by atoms with E-state index in [0.29, 0.717) is 12.0 Å². The van der Waals surface area contributed by atoms with Gasteiger partial charge in [0.1, 0.15) is 5.82 Å². The van der Waals surface area contributed by atoms with Gasteiger partial charge in [-0.3, -0.25) is 5.43 Å². The smallest absolute Gasteiger partial charge is 0.239 e. The lowest BCUT2D eigenvalue weighted by atomic mass is 10.2. The number of anilines is 2. The Morgan fingerprint density at radius 3 is 2.87 bits per heavy atom. The van der Waals surface area contributed by atoms with Crippen molar-refractivity contribution < 1.29 is 0 Å². The molecule has 0 bridgehead atoms. The molecule has 0 amide bonds. The first-order chi connectivity index (χ1) is 7.31. The number of nitrogens with one attached hydrogen (secondary N) is 1. The van der Waals surface area contributed by atoms with Crippen molar-refractivity contribution in [3.8, 4) is 0 Å². The summed E-state index contributed by atoms with van der Waals surface area (Å²) in [5, 5.41) is 0. The lowest BCUT2D eigenvalue weighted by molar-refractivity contribution is 0.646. The standard InChI is InChI=1S/C10H17N5/c1-15(8-4-2-3-5-8)9-6-7-12-10(13-9)14-11/h6-8H,2-5,11H2,1H3,(H,12,13,14). The van der Waals surface area contributed by atoms with E-state index in [1.165, 1.54) is 25.7 Å². The van der Waals surface area contributed by atoms with Gasteiger partial charge in [0, 0.05) is 19.3 Å². The molecule has 5 heteroatoms. The van der Waals surface area contributed by atoms with Crippen LogP contribution in [0.1, 0.15) is 25.7 Å². The molecule has 1 heterocycles. The molecule has 0 saturated heterocycles. The van der Waals surface area contributed by atoms with E-state index in [9.17, 15) is 0 Å². The van der Waals surface area contributed by atoms with Gasteiger partial charge in [0.25, 0.3) is 0 Å². The Morgan fingerprint density at radius 1 is 1.47 bits per heavy atom. The molecule has 3 N–H and O–H groups in total. The number of aromatic nitrogens is 2. The number of hydrazine groups is 1. The van der Waals surface area contributed by atoms with E-state index in [4.69, 9.17) is 5.84 Å². The summed E-state index contributed by atoms with van der Waals surface area (Å²) in [4.78, 5) is 10.5. The average molecular weight is 207 g/mol. The van der Waals surface area contributed by atoms with Crippen LogP contribution in [0.15, 0.2) is 12.3 Å². The van der Waals surface area contributed by atoms with Crippen LogP contribution in [-0.4, -0.2) is 23.1 Å². The Kier molecular flexibility index (Phi) is 3.01. The van der Waals surface area contributed by atoms with Crippen LogP contribution in [0.3, 0.4) is 0 Å². The quantitative estimate of drug-likeness (QED) is 0.574. The monoisotopic (exact) mass is 207 g/mol. The van der Waals surface area contributed by atoms with Gasteiger partial charge >= 0.3 is 0 Å². The van der Waals surface area contributed by atoms with Crippen LogP contribution in [0.5, 0.6) is 0 Å². The second-order valence-corrected chi connectivity index (χ2v) is 3.93. The largest absolute Gasteiger partial charge is 0.357 e. The Balaban J connectivity index is 2.13. The molecule has 1 aliphatic rings. The van der Waals surface area contributed by atoms with E-state index >= 15 is 0 Å². The molecule has 15 heavy (non-hydrogen) atoms. The van der Waals surface area contributed by atoms with Crippen LogP contribution < -0.4 is 16.2 Å². The predicted octanol–water partition coefficient (Wildman–Crippen LogP) is 1.14. The van der Waals surface area contributed by atoms with Gasteiger partial charge in [0.05, 0.1) is 0 Å². The van der Waals surface area contributed by atoms with Gasteiger partial charge in [-0.2, -0.15) is 4.98 Å². The van der Waals surface area contributed by atoms with Gasteiger partial charge < -0.3 is 4.90 Å². The summed E-state index contributed by atoms with van der Waals surface area (Å²) in [6.45, 7) is 0. The van der Waals surface area contributed by atoms with Crippen LogP contribution in [0.25, 0.3) is 0 Å². The van der Waals surface area contributed by atoms with E-state index < -0.39 is 0 Å². The van der Waals surface area contributed by atoms with Gasteiger partial charge in [0.15, 0.2) is 0 Å². The van der Waals surface area contributed by atoms with Crippen LogP contribution in [0, 0.1) is 0 Å². The molecule has 0 aromatic carbocycles. The number of nitrogens with two attached hydrogens (primary N) is 1. The first-order valence-corrected chi connectivity index (χ1v) is 5.34. The number of hydrogen-bond acceptors (Lipinski definition) is 5. The average Bonchev–Trinajstić information content (AvgIpc) is 2.81. The Morgan fingerprint density at radius 2 is 2.20 bits per heavy atom. The summed E-state index contributed by atoms with van der Waals surface area (Å²) in [6, 6.07) is 2.53. The fraction of sp³-hybridized carbons (Fsp3) is 0.600. The summed E-state index contributed by atoms with van der Waals surface area (Å²) < 4.78 is 0. The highest BCUT2D eigenvalue weighted by molar-refractivity contribution is 5.42. The summed E-state index contributed by atoms with van der Waals surface area (Å²) >= 11 is 0. The van der Waals surface area contributed by atoms with Crippen molar-refractivity contribution >= 4 is 11.8 Å². The normalized spacial score (nSPS) is 16.7. The molecule has 82 valence electrons. The zero-order chi connectivity index (χ0) is 10.7. The molecule has 1 aromatic heterocycles. The Hall–Kier alpha value is -1.36. The summed E-state index contributed by atoms with van der Waals surface area (Å²) in [5.41, 5.74) is 2.46. The van der Waals surface area contributed by atoms with Crippen molar-refractivity contribution in [3.63, 3.8) is 0 Å².